The molecule has 1 aromatic heterocycles. The van der Waals surface area contributed by atoms with Crippen LogP contribution in [0.5, 0.6) is 5.75 Å². The molecule has 0 aliphatic heterocycles. The van der Waals surface area contributed by atoms with Gasteiger partial charge >= 0.3 is 5.97 Å². The Bertz CT molecular complexity index is 606. The maximum Gasteiger partial charge on any atom is 0.358 e. The van der Waals surface area contributed by atoms with Gasteiger partial charge in [-0.2, -0.15) is 0 Å². The second-order valence-corrected chi connectivity index (χ2v) is 4.54. The smallest absolute Gasteiger partial charge is 0.358 e. The van der Waals surface area contributed by atoms with Gasteiger partial charge in [0.25, 0.3) is 0 Å². The highest BCUT2D eigenvalue weighted by Crippen LogP contribution is 2.33. The van der Waals surface area contributed by atoms with Gasteiger partial charge < -0.3 is 14.4 Å². The Morgan fingerprint density at radius 1 is 1.44 bits per heavy atom. The third kappa shape index (κ3) is 2.24. The van der Waals surface area contributed by atoms with Gasteiger partial charge in [-0.15, -0.1) is 0 Å². The molecule has 5 nitrogen and oxygen atoms in total. The molecule has 0 aliphatic carbocycles. The van der Waals surface area contributed by atoms with E-state index in [1.165, 1.54) is 6.07 Å². The number of halogens is 1. The number of carboxylic acids is 1. The molecule has 1 aromatic carbocycles. The maximum atomic E-state index is 10.7. The van der Waals surface area contributed by atoms with Crippen LogP contribution in [-0.4, -0.2) is 23.3 Å². The Morgan fingerprint density at radius 3 is 2.72 bits per heavy atom. The fourth-order valence-electron chi connectivity index (χ4n) is 1.58. The first-order chi connectivity index (χ1) is 8.52. The molecular weight excluding hydrogens is 302 g/mol. The standard InChI is InChI=1S/C12H10BrNO4/c1-6-3-11(17-2)8(13)4-7(6)10-5-9(12(15)16)14-18-10/h3-5H,1-2H3,(H,15,16). The highest BCUT2D eigenvalue weighted by molar-refractivity contribution is 9.10. The Hall–Kier alpha value is -1.82. The summed E-state index contributed by atoms with van der Waals surface area (Å²) in [4.78, 5) is 10.7. The molecule has 18 heavy (non-hydrogen) atoms. The number of methoxy groups -OCH3 is 1. The molecule has 0 unspecified atom stereocenters. The van der Waals surface area contributed by atoms with Gasteiger partial charge in [-0.3, -0.25) is 0 Å². The normalized spacial score (nSPS) is 10.4. The number of carbonyl (C=O) groups is 1. The molecular formula is C12H10BrNO4. The van der Waals surface area contributed by atoms with Gasteiger partial charge in [0.2, 0.25) is 0 Å². The minimum atomic E-state index is -1.12. The molecule has 0 fully saturated rings. The lowest BCUT2D eigenvalue weighted by Crippen LogP contribution is -1.94. The molecule has 0 bridgehead atoms. The number of hydrogen-bond acceptors (Lipinski definition) is 4. The third-order valence-electron chi connectivity index (χ3n) is 2.49. The first-order valence-electron chi connectivity index (χ1n) is 5.07. The predicted molar refractivity (Wildman–Crippen MR) is 67.9 cm³/mol. The zero-order chi connectivity index (χ0) is 13.3. The highest BCUT2D eigenvalue weighted by Gasteiger charge is 2.15. The van der Waals surface area contributed by atoms with Crippen molar-refractivity contribution in [2.24, 2.45) is 0 Å². The van der Waals surface area contributed by atoms with Crippen molar-refractivity contribution in [1.82, 2.24) is 5.16 Å². The Kier molecular flexibility index (Phi) is 3.38. The lowest BCUT2D eigenvalue weighted by Gasteiger charge is -2.07. The van der Waals surface area contributed by atoms with Gasteiger partial charge in [0.05, 0.1) is 11.6 Å². The summed E-state index contributed by atoms with van der Waals surface area (Å²) in [5, 5.41) is 12.3. The van der Waals surface area contributed by atoms with E-state index in [-0.39, 0.29) is 5.69 Å². The first kappa shape index (κ1) is 12.6. The molecule has 94 valence electrons. The molecule has 0 radical (unpaired) electrons. The number of aromatic nitrogens is 1. The number of benzene rings is 1. The Labute approximate surface area is 111 Å². The maximum absolute atomic E-state index is 10.7. The van der Waals surface area contributed by atoms with Crippen molar-refractivity contribution in [3.63, 3.8) is 0 Å². The summed E-state index contributed by atoms with van der Waals surface area (Å²) < 4.78 is 11.0. The van der Waals surface area contributed by atoms with E-state index in [0.717, 1.165) is 15.6 Å². The summed E-state index contributed by atoms with van der Waals surface area (Å²) in [6, 6.07) is 5.03. The van der Waals surface area contributed by atoms with Crippen LogP contribution < -0.4 is 4.74 Å². The Balaban J connectivity index is 2.50. The number of aryl methyl sites for hydroxylation is 1. The van der Waals surface area contributed by atoms with E-state index < -0.39 is 5.97 Å². The summed E-state index contributed by atoms with van der Waals surface area (Å²) in [5.74, 6) is -0.00212. The van der Waals surface area contributed by atoms with Crippen LogP contribution in [0.2, 0.25) is 0 Å². The molecule has 1 N–H and O–H groups in total. The number of ether oxygens (including phenoxy) is 1. The van der Waals surface area contributed by atoms with E-state index in [1.807, 2.05) is 13.0 Å². The average molecular weight is 312 g/mol. The minimum Gasteiger partial charge on any atom is -0.496 e. The second-order valence-electron chi connectivity index (χ2n) is 3.68. The molecule has 0 spiro atoms. The number of hydrogen-bond donors (Lipinski definition) is 1. The zero-order valence-corrected chi connectivity index (χ0v) is 11.3. The number of nitrogens with zero attached hydrogens (tertiary/aromatic N) is 1. The van der Waals surface area contributed by atoms with Crippen molar-refractivity contribution in [3.05, 3.63) is 33.9 Å². The van der Waals surface area contributed by atoms with Crippen LogP contribution in [0, 0.1) is 6.92 Å². The van der Waals surface area contributed by atoms with Crippen molar-refractivity contribution in [2.75, 3.05) is 7.11 Å². The van der Waals surface area contributed by atoms with Crippen LogP contribution in [0.1, 0.15) is 16.1 Å². The summed E-state index contributed by atoms with van der Waals surface area (Å²) in [5.41, 5.74) is 1.56. The summed E-state index contributed by atoms with van der Waals surface area (Å²) in [6.45, 7) is 1.88. The Morgan fingerprint density at radius 2 is 2.17 bits per heavy atom. The minimum absolute atomic E-state index is 0.114. The molecule has 2 aromatic rings. The fraction of sp³-hybridized carbons (Fsp3) is 0.167. The number of aromatic carboxylic acids is 1. The van der Waals surface area contributed by atoms with E-state index in [0.29, 0.717) is 11.5 Å². The van der Waals surface area contributed by atoms with E-state index in [2.05, 4.69) is 21.1 Å². The van der Waals surface area contributed by atoms with Crippen molar-refractivity contribution in [1.29, 1.82) is 0 Å². The molecule has 0 saturated heterocycles. The number of rotatable bonds is 3. The van der Waals surface area contributed by atoms with Gasteiger partial charge in [-0.1, -0.05) is 5.16 Å². The largest absolute Gasteiger partial charge is 0.496 e. The van der Waals surface area contributed by atoms with Gasteiger partial charge in [-0.25, -0.2) is 4.79 Å². The SMILES string of the molecule is COc1cc(C)c(-c2cc(C(=O)O)no2)cc1Br. The summed E-state index contributed by atoms with van der Waals surface area (Å²) in [7, 11) is 1.58. The van der Waals surface area contributed by atoms with Crippen LogP contribution in [0.3, 0.4) is 0 Å². The summed E-state index contributed by atoms with van der Waals surface area (Å²) in [6.07, 6.45) is 0. The molecule has 0 saturated carbocycles. The van der Waals surface area contributed by atoms with Crippen LogP contribution in [0.25, 0.3) is 11.3 Å². The lowest BCUT2D eigenvalue weighted by molar-refractivity contribution is 0.0686. The van der Waals surface area contributed by atoms with Crippen molar-refractivity contribution in [2.45, 2.75) is 6.92 Å². The molecule has 0 amide bonds. The topological polar surface area (TPSA) is 72.6 Å². The highest BCUT2D eigenvalue weighted by atomic mass is 79.9. The van der Waals surface area contributed by atoms with E-state index in [9.17, 15) is 4.79 Å². The molecule has 0 atom stereocenters. The van der Waals surface area contributed by atoms with Gasteiger partial charge in [0.1, 0.15) is 5.75 Å². The first-order valence-corrected chi connectivity index (χ1v) is 5.86. The van der Waals surface area contributed by atoms with Gasteiger partial charge in [0.15, 0.2) is 11.5 Å². The zero-order valence-electron chi connectivity index (χ0n) is 9.73. The van der Waals surface area contributed by atoms with Crippen molar-refractivity contribution in [3.8, 4) is 17.1 Å². The van der Waals surface area contributed by atoms with E-state index >= 15 is 0 Å². The van der Waals surface area contributed by atoms with E-state index in [4.69, 9.17) is 14.4 Å². The van der Waals surface area contributed by atoms with Crippen molar-refractivity contribution >= 4 is 21.9 Å². The van der Waals surface area contributed by atoms with Crippen LogP contribution in [-0.2, 0) is 0 Å². The summed E-state index contributed by atoms with van der Waals surface area (Å²) >= 11 is 3.37. The number of carboxylic acid groups (broad SMARTS) is 1. The van der Waals surface area contributed by atoms with Crippen LogP contribution in [0.4, 0.5) is 0 Å². The monoisotopic (exact) mass is 311 g/mol. The van der Waals surface area contributed by atoms with Gasteiger partial charge in [0, 0.05) is 11.6 Å². The van der Waals surface area contributed by atoms with Gasteiger partial charge in [-0.05, 0) is 40.5 Å². The van der Waals surface area contributed by atoms with Crippen LogP contribution >= 0.6 is 15.9 Å². The molecule has 2 rings (SSSR count). The molecule has 1 heterocycles. The average Bonchev–Trinajstić information content (AvgIpc) is 2.81. The van der Waals surface area contributed by atoms with Crippen LogP contribution in [0.15, 0.2) is 27.2 Å². The third-order valence-corrected chi connectivity index (χ3v) is 3.11. The van der Waals surface area contributed by atoms with E-state index in [1.54, 1.807) is 13.2 Å². The predicted octanol–water partition coefficient (Wildman–Crippen LogP) is 3.12. The molecule has 6 heteroatoms. The quantitative estimate of drug-likeness (QED) is 0.942. The second kappa shape index (κ2) is 4.81. The molecule has 0 aliphatic rings. The van der Waals surface area contributed by atoms with Crippen molar-refractivity contribution < 1.29 is 19.2 Å². The lowest BCUT2D eigenvalue weighted by atomic mass is 10.1. The fourth-order valence-corrected chi connectivity index (χ4v) is 2.09.